The lowest BCUT2D eigenvalue weighted by molar-refractivity contribution is 1.71. The first kappa shape index (κ1) is 14.5. The quantitative estimate of drug-likeness (QED) is 0.291. The molecule has 0 bridgehead atoms. The first-order valence-electron chi connectivity index (χ1n) is 8.71. The molecule has 2 heteroatoms. The van der Waals surface area contributed by atoms with Crippen LogP contribution in [0.2, 0.25) is 0 Å². The average Bonchev–Trinajstić information content (AvgIpc) is 3.27. The van der Waals surface area contributed by atoms with Gasteiger partial charge in [0.2, 0.25) is 0 Å². The van der Waals surface area contributed by atoms with E-state index in [1.165, 1.54) is 51.8 Å². The number of thiophene rings is 2. The van der Waals surface area contributed by atoms with Gasteiger partial charge in [-0.2, -0.15) is 0 Å². The highest BCUT2D eigenvalue weighted by molar-refractivity contribution is 7.25. The lowest BCUT2D eigenvalue weighted by Gasteiger charge is -2.02. The van der Waals surface area contributed by atoms with E-state index in [4.69, 9.17) is 0 Å². The van der Waals surface area contributed by atoms with E-state index >= 15 is 0 Å². The fourth-order valence-corrected chi connectivity index (χ4v) is 6.33. The van der Waals surface area contributed by atoms with Crippen LogP contribution in [0.25, 0.3) is 51.8 Å². The minimum atomic E-state index is 1.31. The maximum Gasteiger partial charge on any atom is 0.0428 e. The summed E-state index contributed by atoms with van der Waals surface area (Å²) in [5.74, 6) is 0. The van der Waals surface area contributed by atoms with Gasteiger partial charge in [-0.25, -0.2) is 0 Å². The van der Waals surface area contributed by atoms with Crippen molar-refractivity contribution in [3.63, 3.8) is 0 Å². The van der Waals surface area contributed by atoms with E-state index < -0.39 is 0 Å². The molecule has 0 N–H and O–H groups in total. The summed E-state index contributed by atoms with van der Waals surface area (Å²) >= 11 is 3.82. The van der Waals surface area contributed by atoms with Crippen molar-refractivity contribution in [2.24, 2.45) is 0 Å². The van der Waals surface area contributed by atoms with Crippen molar-refractivity contribution in [2.45, 2.75) is 0 Å². The minimum Gasteiger partial charge on any atom is -0.135 e. The van der Waals surface area contributed by atoms with Crippen molar-refractivity contribution in [1.29, 1.82) is 0 Å². The number of rotatable bonds is 2. The summed E-state index contributed by atoms with van der Waals surface area (Å²) in [4.78, 5) is 2.75. The van der Waals surface area contributed by atoms with Crippen molar-refractivity contribution >= 4 is 53.6 Å². The van der Waals surface area contributed by atoms with Crippen molar-refractivity contribution < 1.29 is 0 Å². The van der Waals surface area contributed by atoms with Crippen LogP contribution in [0.5, 0.6) is 0 Å². The molecule has 6 aromatic rings. The van der Waals surface area contributed by atoms with E-state index in [1.807, 2.05) is 22.7 Å². The van der Waals surface area contributed by atoms with E-state index in [0.29, 0.717) is 0 Å². The molecule has 0 radical (unpaired) electrons. The predicted octanol–water partition coefficient (Wildman–Crippen LogP) is 8.04. The number of hydrogen-bond donors (Lipinski definition) is 0. The van der Waals surface area contributed by atoms with E-state index in [2.05, 4.69) is 84.9 Å². The Labute approximate surface area is 159 Å². The summed E-state index contributed by atoms with van der Waals surface area (Å²) in [5.41, 5.74) is 2.62. The van der Waals surface area contributed by atoms with Gasteiger partial charge in [0.05, 0.1) is 0 Å². The molecule has 0 fully saturated rings. The molecular weight excluding hydrogens is 352 g/mol. The fraction of sp³-hybridized carbons (Fsp3) is 0. The summed E-state index contributed by atoms with van der Waals surface area (Å²) in [7, 11) is 0. The summed E-state index contributed by atoms with van der Waals surface area (Å²) < 4.78 is 2.77. The molecule has 0 aliphatic heterocycles. The molecule has 0 nitrogen and oxygen atoms in total. The van der Waals surface area contributed by atoms with Gasteiger partial charge in [-0.15, -0.1) is 22.7 Å². The van der Waals surface area contributed by atoms with Gasteiger partial charge in [0.15, 0.2) is 0 Å². The van der Waals surface area contributed by atoms with Crippen LogP contribution in [0.1, 0.15) is 0 Å². The topological polar surface area (TPSA) is 0 Å². The zero-order valence-electron chi connectivity index (χ0n) is 13.9. The highest BCUT2D eigenvalue weighted by Crippen LogP contribution is 2.49. The molecule has 2 aromatic heterocycles. The molecule has 0 aliphatic rings. The summed E-state index contributed by atoms with van der Waals surface area (Å²) in [5, 5.41) is 5.63. The smallest absolute Gasteiger partial charge is 0.0428 e. The zero-order valence-corrected chi connectivity index (χ0v) is 15.5. The van der Waals surface area contributed by atoms with Crippen LogP contribution in [0, 0.1) is 0 Å². The normalized spacial score (nSPS) is 11.8. The maximum absolute atomic E-state index is 2.31. The van der Waals surface area contributed by atoms with Crippen LogP contribution in [0.4, 0.5) is 0 Å². The largest absolute Gasteiger partial charge is 0.135 e. The molecule has 0 saturated heterocycles. The molecular formula is C24H14S2. The van der Waals surface area contributed by atoms with Gasteiger partial charge in [0.25, 0.3) is 0 Å². The van der Waals surface area contributed by atoms with Crippen LogP contribution in [-0.4, -0.2) is 0 Å². The van der Waals surface area contributed by atoms with E-state index in [1.54, 1.807) is 0 Å². The molecule has 0 amide bonds. The third kappa shape index (κ3) is 1.94. The lowest BCUT2D eigenvalue weighted by Crippen LogP contribution is -1.76. The van der Waals surface area contributed by atoms with Gasteiger partial charge >= 0.3 is 0 Å². The molecule has 4 aromatic carbocycles. The molecule has 6 rings (SSSR count). The van der Waals surface area contributed by atoms with Gasteiger partial charge in [-0.05, 0) is 23.3 Å². The van der Waals surface area contributed by atoms with E-state index in [0.717, 1.165) is 0 Å². The molecule has 0 atom stereocenters. The Balaban J connectivity index is 1.73. The molecule has 2 heterocycles. The Bertz CT molecular complexity index is 1250. The monoisotopic (exact) mass is 366 g/mol. The highest BCUT2D eigenvalue weighted by Gasteiger charge is 2.19. The zero-order chi connectivity index (χ0) is 17.1. The Kier molecular flexibility index (Phi) is 3.01. The standard InChI is InChI=1S/C24H14S2/c1-3-7-15(8-4-1)23-17-11-13-20-22-18(12-14-19(25-23)21(17)22)24(26-20)16-9-5-2-6-10-16/h1-14H. The summed E-state index contributed by atoms with van der Waals surface area (Å²) in [6, 6.07) is 30.7. The predicted molar refractivity (Wildman–Crippen MR) is 117 cm³/mol. The van der Waals surface area contributed by atoms with Crippen molar-refractivity contribution in [3.05, 3.63) is 84.9 Å². The Morgan fingerprint density at radius 2 is 0.846 bits per heavy atom. The lowest BCUT2D eigenvalue weighted by atomic mass is 10.00. The fourth-order valence-electron chi connectivity index (χ4n) is 3.92. The van der Waals surface area contributed by atoms with Gasteiger partial charge in [-0.1, -0.05) is 72.8 Å². The Hall–Kier alpha value is -2.68. The van der Waals surface area contributed by atoms with E-state index in [9.17, 15) is 0 Å². The SMILES string of the molecule is c1ccc(-c2sc3ccc4c(-c5ccccc5)sc5ccc2c3c54)cc1. The Morgan fingerprint density at radius 3 is 1.27 bits per heavy atom. The molecule has 0 unspecified atom stereocenters. The van der Waals surface area contributed by atoms with E-state index in [-0.39, 0.29) is 0 Å². The average molecular weight is 367 g/mol. The van der Waals surface area contributed by atoms with Crippen LogP contribution in [0.3, 0.4) is 0 Å². The Morgan fingerprint density at radius 1 is 0.423 bits per heavy atom. The van der Waals surface area contributed by atoms with Crippen molar-refractivity contribution in [1.82, 2.24) is 0 Å². The molecule has 0 aliphatic carbocycles. The second kappa shape index (κ2) is 5.41. The van der Waals surface area contributed by atoms with Crippen LogP contribution in [-0.2, 0) is 0 Å². The first-order valence-corrected chi connectivity index (χ1v) is 10.3. The van der Waals surface area contributed by atoms with Gasteiger partial charge < -0.3 is 0 Å². The second-order valence-electron chi connectivity index (χ2n) is 6.57. The molecule has 122 valence electrons. The second-order valence-corrected chi connectivity index (χ2v) is 8.67. The third-order valence-corrected chi connectivity index (χ3v) is 7.51. The molecule has 0 saturated carbocycles. The first-order chi connectivity index (χ1) is 12.9. The molecule has 26 heavy (non-hydrogen) atoms. The summed E-state index contributed by atoms with van der Waals surface area (Å²) in [6.45, 7) is 0. The van der Waals surface area contributed by atoms with Crippen molar-refractivity contribution in [3.8, 4) is 20.9 Å². The van der Waals surface area contributed by atoms with Crippen molar-refractivity contribution in [2.75, 3.05) is 0 Å². The summed E-state index contributed by atoms with van der Waals surface area (Å²) in [6.07, 6.45) is 0. The third-order valence-electron chi connectivity index (χ3n) is 5.07. The van der Waals surface area contributed by atoms with Gasteiger partial charge in [0, 0.05) is 40.7 Å². The molecule has 0 spiro atoms. The number of benzene rings is 4. The van der Waals surface area contributed by atoms with Crippen LogP contribution >= 0.6 is 22.7 Å². The number of hydrogen-bond acceptors (Lipinski definition) is 2. The highest BCUT2D eigenvalue weighted by atomic mass is 32.1. The van der Waals surface area contributed by atoms with Gasteiger partial charge in [-0.3, -0.25) is 0 Å². The maximum atomic E-state index is 2.31. The van der Waals surface area contributed by atoms with Crippen LogP contribution in [0.15, 0.2) is 84.9 Å². The van der Waals surface area contributed by atoms with Crippen LogP contribution < -0.4 is 0 Å². The minimum absolute atomic E-state index is 1.31. The van der Waals surface area contributed by atoms with Gasteiger partial charge in [0.1, 0.15) is 0 Å².